The molecule has 3 heterocycles. The minimum atomic E-state index is -0.456. The van der Waals surface area contributed by atoms with E-state index >= 15 is 0 Å². The summed E-state index contributed by atoms with van der Waals surface area (Å²) < 4.78 is 0. The molecule has 1 atom stereocenters. The summed E-state index contributed by atoms with van der Waals surface area (Å²) >= 11 is 1.58. The fourth-order valence-electron chi connectivity index (χ4n) is 3.31. The first-order valence-electron chi connectivity index (χ1n) is 9.60. The van der Waals surface area contributed by atoms with E-state index < -0.39 is 6.17 Å². The van der Waals surface area contributed by atoms with Gasteiger partial charge in [-0.15, -0.1) is 5.10 Å². The molecule has 2 aliphatic heterocycles. The highest BCUT2D eigenvalue weighted by Crippen LogP contribution is 2.29. The molecule has 2 aromatic rings. The first-order valence-corrected chi connectivity index (χ1v) is 10.6. The van der Waals surface area contributed by atoms with Gasteiger partial charge in [0.25, 0.3) is 5.91 Å². The molecule has 144 valence electrons. The maximum Gasteiger partial charge on any atom is 0.276 e. The Balaban J connectivity index is 1.78. The molecule has 1 aromatic carbocycles. The number of nitrogens with zero attached hydrogens (tertiary/aromatic N) is 4. The molecule has 1 amide bonds. The lowest BCUT2D eigenvalue weighted by molar-refractivity contribution is -0.116. The maximum atomic E-state index is 13.0. The first kappa shape index (κ1) is 18.7. The maximum absolute atomic E-state index is 13.0. The van der Waals surface area contributed by atoms with Crippen molar-refractivity contribution in [2.24, 2.45) is 10.1 Å². The Labute approximate surface area is 168 Å². The highest BCUT2D eigenvalue weighted by atomic mass is 32.2. The third-order valence-corrected chi connectivity index (χ3v) is 5.63. The van der Waals surface area contributed by atoms with Crippen molar-refractivity contribution < 1.29 is 4.79 Å². The molecule has 2 aliphatic rings. The molecule has 0 saturated carbocycles. The standard InChI is InChI=1S/C21H23N5OS/c1-3-4-7-13-28-21-24-20(27)18-15-10-5-6-11-16(15)23-19(26(18)25-21)17-12-8-9-14(2)22-17/h5-6,8-12,19H,3-4,7,13H2,1-2H3,(H,24,25,27)/t19-/m1/s1. The van der Waals surface area contributed by atoms with E-state index in [1.807, 2.05) is 49.4 Å². The van der Waals surface area contributed by atoms with Crippen LogP contribution in [0.15, 0.2) is 52.6 Å². The number of rotatable bonds is 5. The molecule has 28 heavy (non-hydrogen) atoms. The van der Waals surface area contributed by atoms with Crippen LogP contribution in [0.2, 0.25) is 0 Å². The Morgan fingerprint density at radius 1 is 1.14 bits per heavy atom. The van der Waals surface area contributed by atoms with E-state index in [0.29, 0.717) is 10.9 Å². The SMILES string of the molecule is CCCCCSC1=NN2C(=c3ccccc3=N[C@H]2c2cccc(C)n2)C(=O)N1. The largest absolute Gasteiger partial charge is 0.298 e. The van der Waals surface area contributed by atoms with Gasteiger partial charge in [0.2, 0.25) is 0 Å². The average Bonchev–Trinajstić information content (AvgIpc) is 2.70. The quantitative estimate of drug-likeness (QED) is 0.793. The van der Waals surface area contributed by atoms with Crippen molar-refractivity contribution in [3.05, 3.63) is 64.4 Å². The summed E-state index contributed by atoms with van der Waals surface area (Å²) in [5.74, 6) is 0.782. The molecule has 0 aliphatic carbocycles. The number of amides is 1. The monoisotopic (exact) mass is 393 g/mol. The smallest absolute Gasteiger partial charge is 0.276 e. The van der Waals surface area contributed by atoms with Crippen LogP contribution in [0.1, 0.15) is 43.7 Å². The highest BCUT2D eigenvalue weighted by Gasteiger charge is 2.34. The number of amidine groups is 1. The zero-order valence-corrected chi connectivity index (χ0v) is 16.9. The summed E-state index contributed by atoms with van der Waals surface area (Å²) in [5, 5.41) is 11.6. The Morgan fingerprint density at radius 2 is 2.00 bits per heavy atom. The third kappa shape index (κ3) is 3.67. The highest BCUT2D eigenvalue weighted by molar-refractivity contribution is 8.13. The number of hydrogen-bond donors (Lipinski definition) is 1. The fourth-order valence-corrected chi connectivity index (χ4v) is 4.17. The lowest BCUT2D eigenvalue weighted by atomic mass is 10.1. The summed E-state index contributed by atoms with van der Waals surface area (Å²) in [6.07, 6.45) is 2.98. The van der Waals surface area contributed by atoms with Gasteiger partial charge < -0.3 is 0 Å². The molecule has 7 heteroatoms. The van der Waals surface area contributed by atoms with Gasteiger partial charge in [0.1, 0.15) is 5.70 Å². The molecule has 0 unspecified atom stereocenters. The predicted octanol–water partition coefficient (Wildman–Crippen LogP) is 2.46. The number of para-hydroxylation sites is 1. The average molecular weight is 394 g/mol. The molecule has 0 fully saturated rings. The van der Waals surface area contributed by atoms with Crippen LogP contribution in [0.4, 0.5) is 0 Å². The van der Waals surface area contributed by atoms with Gasteiger partial charge in [0.15, 0.2) is 11.3 Å². The Bertz CT molecular complexity index is 1050. The van der Waals surface area contributed by atoms with Crippen molar-refractivity contribution in [2.45, 2.75) is 39.3 Å². The van der Waals surface area contributed by atoms with Crippen molar-refractivity contribution >= 4 is 28.5 Å². The van der Waals surface area contributed by atoms with Crippen molar-refractivity contribution in [1.29, 1.82) is 0 Å². The lowest BCUT2D eigenvalue weighted by Gasteiger charge is -2.33. The molecule has 1 aromatic heterocycles. The first-order chi connectivity index (χ1) is 13.7. The van der Waals surface area contributed by atoms with Crippen molar-refractivity contribution in [3.63, 3.8) is 0 Å². The number of aryl methyl sites for hydroxylation is 1. The number of fused-ring (bicyclic) bond motifs is 2. The summed E-state index contributed by atoms with van der Waals surface area (Å²) in [6.45, 7) is 4.13. The van der Waals surface area contributed by atoms with Crippen LogP contribution in [-0.4, -0.2) is 26.8 Å². The molecule has 0 radical (unpaired) electrons. The molecular weight excluding hydrogens is 370 g/mol. The van der Waals surface area contributed by atoms with Crippen LogP contribution >= 0.6 is 11.8 Å². The van der Waals surface area contributed by atoms with Gasteiger partial charge in [-0.05, 0) is 31.5 Å². The van der Waals surface area contributed by atoms with E-state index in [1.165, 1.54) is 12.8 Å². The lowest BCUT2D eigenvalue weighted by Crippen LogP contribution is -2.50. The number of carbonyl (C=O) groups is 1. The molecule has 0 saturated heterocycles. The van der Waals surface area contributed by atoms with Gasteiger partial charge in [-0.3, -0.25) is 20.1 Å². The van der Waals surface area contributed by atoms with Crippen molar-refractivity contribution in [2.75, 3.05) is 5.75 Å². The second-order valence-corrected chi connectivity index (χ2v) is 7.92. The van der Waals surface area contributed by atoms with Crippen LogP contribution in [0.3, 0.4) is 0 Å². The summed E-state index contributed by atoms with van der Waals surface area (Å²) in [5.41, 5.74) is 2.21. The molecule has 0 bridgehead atoms. The zero-order chi connectivity index (χ0) is 19.5. The Kier molecular flexibility index (Phi) is 5.43. The molecule has 6 nitrogen and oxygen atoms in total. The molecule has 0 spiro atoms. The van der Waals surface area contributed by atoms with Gasteiger partial charge >= 0.3 is 0 Å². The fraction of sp³-hybridized carbons (Fsp3) is 0.333. The second kappa shape index (κ2) is 8.14. The van der Waals surface area contributed by atoms with Crippen molar-refractivity contribution in [1.82, 2.24) is 15.3 Å². The summed E-state index contributed by atoms with van der Waals surface area (Å²) in [6, 6.07) is 13.5. The summed E-state index contributed by atoms with van der Waals surface area (Å²) in [4.78, 5) is 22.5. The van der Waals surface area contributed by atoms with Crippen LogP contribution < -0.4 is 15.9 Å². The normalized spacial score (nSPS) is 18.0. The Hall–Kier alpha value is -2.67. The van der Waals surface area contributed by atoms with Gasteiger partial charge in [-0.25, -0.2) is 5.01 Å². The number of hydrazone groups is 1. The topological polar surface area (TPSA) is 70.0 Å². The number of pyridine rings is 1. The number of aromatic nitrogens is 1. The van der Waals surface area contributed by atoms with Crippen LogP contribution in [-0.2, 0) is 4.79 Å². The van der Waals surface area contributed by atoms with Crippen molar-refractivity contribution in [3.8, 4) is 0 Å². The van der Waals surface area contributed by atoms with E-state index in [9.17, 15) is 4.79 Å². The number of hydrogen-bond acceptors (Lipinski definition) is 6. The van der Waals surface area contributed by atoms with Gasteiger partial charge in [0, 0.05) is 16.7 Å². The number of nitrogens with one attached hydrogen (secondary N) is 1. The predicted molar refractivity (Wildman–Crippen MR) is 112 cm³/mol. The summed E-state index contributed by atoms with van der Waals surface area (Å²) in [7, 11) is 0. The minimum absolute atomic E-state index is 0.145. The van der Waals surface area contributed by atoms with E-state index in [4.69, 9.17) is 10.1 Å². The van der Waals surface area contributed by atoms with E-state index in [1.54, 1.807) is 16.8 Å². The van der Waals surface area contributed by atoms with Gasteiger partial charge in [-0.1, -0.05) is 55.8 Å². The molecule has 1 N–H and O–H groups in total. The van der Waals surface area contributed by atoms with E-state index in [0.717, 1.165) is 34.1 Å². The number of thioether (sulfide) groups is 1. The second-order valence-electron chi connectivity index (χ2n) is 6.83. The van der Waals surface area contributed by atoms with Gasteiger partial charge in [-0.2, -0.15) is 0 Å². The number of carbonyl (C=O) groups excluding carboxylic acids is 1. The molecule has 4 rings (SSSR count). The van der Waals surface area contributed by atoms with Gasteiger partial charge in [0.05, 0.1) is 11.1 Å². The number of unbranched alkanes of at least 4 members (excludes halogenated alkanes) is 2. The minimum Gasteiger partial charge on any atom is -0.298 e. The number of benzene rings is 1. The van der Waals surface area contributed by atoms with E-state index in [2.05, 4.69) is 17.2 Å². The van der Waals surface area contributed by atoms with Crippen LogP contribution in [0.5, 0.6) is 0 Å². The van der Waals surface area contributed by atoms with Crippen LogP contribution in [0.25, 0.3) is 5.70 Å². The molecular formula is C21H23N5OS. The van der Waals surface area contributed by atoms with E-state index in [-0.39, 0.29) is 5.91 Å². The van der Waals surface area contributed by atoms with Crippen LogP contribution in [0, 0.1) is 6.92 Å². The third-order valence-electron chi connectivity index (χ3n) is 4.68. The Morgan fingerprint density at radius 3 is 2.82 bits per heavy atom. The zero-order valence-electron chi connectivity index (χ0n) is 16.1.